The van der Waals surface area contributed by atoms with E-state index in [9.17, 15) is 0 Å². The number of aromatic nitrogens is 1. The molecule has 4 aromatic heterocycles. The van der Waals surface area contributed by atoms with Crippen molar-refractivity contribution in [2.75, 3.05) is 0 Å². The van der Waals surface area contributed by atoms with E-state index in [0.717, 1.165) is 43.9 Å². The van der Waals surface area contributed by atoms with Gasteiger partial charge in [0.15, 0.2) is 0 Å². The van der Waals surface area contributed by atoms with Crippen molar-refractivity contribution < 1.29 is 8.83 Å². The number of furan rings is 2. The Balaban J connectivity index is 0.893. The van der Waals surface area contributed by atoms with Crippen molar-refractivity contribution in [1.82, 2.24) is 4.40 Å². The number of rotatable bonds is 3. The third kappa shape index (κ3) is 5.72. The standard InChI is InChI=1S/C68H43NO2/c1-68(2,3)52-20-16-38(17-21-52)51-32-59-53-26-47-14-12-43(45-18-22-63-55(30-45)57-28-39-8-4-6-10-41(39)36-65(57)70-63)24-49(47)34-61(53)69-62-35-50-25-44(13-15-48(50)27-54(62)60(33-51)67(59)69)46-19-23-64-56(31-46)58-29-40-9-5-7-11-42(40)37-66(58)71-64/h4-37H,1-3H3. The van der Waals surface area contributed by atoms with Gasteiger partial charge in [-0.3, -0.25) is 0 Å². The van der Waals surface area contributed by atoms with E-state index < -0.39 is 0 Å². The fourth-order valence-electron chi connectivity index (χ4n) is 12.0. The second kappa shape index (κ2) is 13.9. The van der Waals surface area contributed by atoms with E-state index in [0.29, 0.717) is 0 Å². The zero-order valence-electron chi connectivity index (χ0n) is 39.4. The predicted octanol–water partition coefficient (Wildman–Crippen LogP) is 19.5. The van der Waals surface area contributed by atoms with Gasteiger partial charge in [-0.15, -0.1) is 0 Å². The molecule has 332 valence electrons. The van der Waals surface area contributed by atoms with Crippen LogP contribution in [0.1, 0.15) is 26.3 Å². The molecule has 0 amide bonds. The van der Waals surface area contributed by atoms with Gasteiger partial charge in [-0.1, -0.05) is 130 Å². The van der Waals surface area contributed by atoms with Gasteiger partial charge in [0.05, 0.1) is 16.6 Å². The van der Waals surface area contributed by atoms with Crippen LogP contribution in [0.4, 0.5) is 0 Å². The molecule has 3 heteroatoms. The quantitative estimate of drug-likeness (QED) is 0.177. The molecule has 0 radical (unpaired) electrons. The lowest BCUT2D eigenvalue weighted by molar-refractivity contribution is 0.590. The summed E-state index contributed by atoms with van der Waals surface area (Å²) in [4.78, 5) is 0. The molecule has 71 heavy (non-hydrogen) atoms. The summed E-state index contributed by atoms with van der Waals surface area (Å²) in [7, 11) is 0. The van der Waals surface area contributed by atoms with Crippen molar-refractivity contribution in [3.63, 3.8) is 0 Å². The van der Waals surface area contributed by atoms with Crippen molar-refractivity contribution in [3.05, 3.63) is 212 Å². The summed E-state index contributed by atoms with van der Waals surface area (Å²) in [6.07, 6.45) is 0. The Bertz CT molecular complexity index is 4680. The van der Waals surface area contributed by atoms with Crippen molar-refractivity contribution in [1.29, 1.82) is 0 Å². The Labute approximate surface area is 407 Å². The molecular weight excluding hydrogens is 863 g/mol. The SMILES string of the molecule is CC(C)(C)c1ccc(-c2cc3c4cc5ccc(-c6ccc7oc8cc9ccccc9cc8c7c6)cc5cc4n4c5cc6cc(-c7ccc8oc9cc%10ccccc%10cc9c8c7)ccc6cc5c(c2)c34)cc1. The zero-order chi connectivity index (χ0) is 46.9. The van der Waals surface area contributed by atoms with E-state index in [2.05, 4.69) is 231 Å². The lowest BCUT2D eigenvalue weighted by atomic mass is 9.86. The largest absolute Gasteiger partial charge is 0.456 e. The van der Waals surface area contributed by atoms with Crippen LogP contribution in [0.15, 0.2) is 215 Å². The van der Waals surface area contributed by atoms with Crippen LogP contribution in [0, 0.1) is 0 Å². The molecule has 0 bridgehead atoms. The molecule has 0 N–H and O–H groups in total. The molecule has 16 rings (SSSR count). The third-order valence-corrected chi connectivity index (χ3v) is 15.7. The maximum atomic E-state index is 6.40. The first-order valence-corrected chi connectivity index (χ1v) is 24.7. The highest BCUT2D eigenvalue weighted by atomic mass is 16.3. The van der Waals surface area contributed by atoms with Gasteiger partial charge in [0, 0.05) is 43.1 Å². The predicted molar refractivity (Wildman–Crippen MR) is 301 cm³/mol. The number of benzene rings is 12. The summed E-state index contributed by atoms with van der Waals surface area (Å²) in [6, 6.07) is 76.8. The summed E-state index contributed by atoms with van der Waals surface area (Å²) in [5.41, 5.74) is 15.9. The van der Waals surface area contributed by atoms with E-state index in [4.69, 9.17) is 8.83 Å². The van der Waals surface area contributed by atoms with Crippen LogP contribution in [0.2, 0.25) is 0 Å². The first-order valence-electron chi connectivity index (χ1n) is 24.7. The molecule has 4 heterocycles. The average molecular weight is 906 g/mol. The highest BCUT2D eigenvalue weighted by molar-refractivity contribution is 6.27. The van der Waals surface area contributed by atoms with Crippen molar-refractivity contribution in [2.24, 2.45) is 0 Å². The number of fused-ring (bicyclic) bond motifs is 16. The molecule has 0 aliphatic heterocycles. The Hall–Kier alpha value is -8.92. The Morgan fingerprint density at radius 1 is 0.282 bits per heavy atom. The molecule has 0 aliphatic carbocycles. The molecule has 0 saturated heterocycles. The van der Waals surface area contributed by atoms with E-state index >= 15 is 0 Å². The monoisotopic (exact) mass is 905 g/mol. The minimum Gasteiger partial charge on any atom is -0.456 e. The lowest BCUT2D eigenvalue weighted by Crippen LogP contribution is -2.10. The van der Waals surface area contributed by atoms with Gasteiger partial charge < -0.3 is 13.2 Å². The number of hydrogen-bond donors (Lipinski definition) is 0. The molecule has 16 aromatic rings. The smallest absolute Gasteiger partial charge is 0.136 e. The second-order valence-corrected chi connectivity index (χ2v) is 21.0. The maximum absolute atomic E-state index is 6.40. The summed E-state index contributed by atoms with van der Waals surface area (Å²) >= 11 is 0. The molecule has 0 aliphatic rings. The Morgan fingerprint density at radius 2 is 0.662 bits per heavy atom. The Kier molecular flexibility index (Phi) is 7.62. The summed E-state index contributed by atoms with van der Waals surface area (Å²) in [5.74, 6) is 0. The molecule has 12 aromatic carbocycles. The van der Waals surface area contributed by atoms with Crippen LogP contribution in [0.25, 0.3) is 158 Å². The second-order valence-electron chi connectivity index (χ2n) is 21.0. The Morgan fingerprint density at radius 3 is 1.14 bits per heavy atom. The fourth-order valence-corrected chi connectivity index (χ4v) is 12.0. The topological polar surface area (TPSA) is 30.7 Å². The average Bonchev–Trinajstić information content (AvgIpc) is 4.13. The van der Waals surface area contributed by atoms with E-state index in [-0.39, 0.29) is 5.41 Å². The van der Waals surface area contributed by atoms with Crippen molar-refractivity contribution >= 4 is 125 Å². The van der Waals surface area contributed by atoms with Gasteiger partial charge in [0.2, 0.25) is 0 Å². The third-order valence-electron chi connectivity index (χ3n) is 15.7. The van der Waals surface area contributed by atoms with Crippen LogP contribution in [-0.2, 0) is 5.41 Å². The minimum atomic E-state index is 0.0796. The highest BCUT2D eigenvalue weighted by Crippen LogP contribution is 2.45. The lowest BCUT2D eigenvalue weighted by Gasteiger charge is -2.19. The van der Waals surface area contributed by atoms with Gasteiger partial charge in [0.1, 0.15) is 22.3 Å². The van der Waals surface area contributed by atoms with Gasteiger partial charge >= 0.3 is 0 Å². The highest BCUT2D eigenvalue weighted by Gasteiger charge is 2.22. The zero-order valence-corrected chi connectivity index (χ0v) is 39.4. The molecule has 0 unspecified atom stereocenters. The molecule has 3 nitrogen and oxygen atoms in total. The first-order chi connectivity index (χ1) is 34.7. The van der Waals surface area contributed by atoms with Crippen LogP contribution < -0.4 is 0 Å². The van der Waals surface area contributed by atoms with Crippen molar-refractivity contribution in [3.8, 4) is 33.4 Å². The van der Waals surface area contributed by atoms with Crippen LogP contribution >= 0.6 is 0 Å². The van der Waals surface area contributed by atoms with Crippen LogP contribution in [-0.4, -0.2) is 4.40 Å². The first kappa shape index (κ1) is 39.0. The van der Waals surface area contributed by atoms with Gasteiger partial charge in [-0.05, 0) is 185 Å². The van der Waals surface area contributed by atoms with E-state index in [1.807, 2.05) is 0 Å². The number of nitrogens with zero attached hydrogens (tertiary/aromatic N) is 1. The fraction of sp³-hybridized carbons (Fsp3) is 0.0588. The molecule has 0 saturated carbocycles. The molecule has 0 atom stereocenters. The van der Waals surface area contributed by atoms with E-state index in [1.165, 1.54) is 120 Å². The summed E-state index contributed by atoms with van der Waals surface area (Å²) < 4.78 is 15.3. The van der Waals surface area contributed by atoms with Gasteiger partial charge in [0.25, 0.3) is 0 Å². The molecule has 0 fully saturated rings. The van der Waals surface area contributed by atoms with Crippen LogP contribution in [0.3, 0.4) is 0 Å². The van der Waals surface area contributed by atoms with Gasteiger partial charge in [-0.2, -0.15) is 0 Å². The summed E-state index contributed by atoms with van der Waals surface area (Å²) in [6.45, 7) is 6.84. The van der Waals surface area contributed by atoms with Gasteiger partial charge in [-0.25, -0.2) is 0 Å². The normalized spacial score (nSPS) is 12.7. The maximum Gasteiger partial charge on any atom is 0.136 e. The molecule has 0 spiro atoms. The molecular formula is C68H43NO2. The minimum absolute atomic E-state index is 0.0796. The summed E-state index contributed by atoms with van der Waals surface area (Å²) in [5, 5.41) is 19.3. The van der Waals surface area contributed by atoms with E-state index in [1.54, 1.807) is 0 Å². The van der Waals surface area contributed by atoms with Crippen LogP contribution in [0.5, 0.6) is 0 Å². The van der Waals surface area contributed by atoms with Crippen molar-refractivity contribution in [2.45, 2.75) is 26.2 Å². The number of hydrogen-bond acceptors (Lipinski definition) is 2.